The van der Waals surface area contributed by atoms with Crippen molar-refractivity contribution in [1.29, 1.82) is 0 Å². The van der Waals surface area contributed by atoms with Gasteiger partial charge in [0.25, 0.3) is 0 Å². The predicted octanol–water partition coefficient (Wildman–Crippen LogP) is 4.66. The zero-order valence-electron chi connectivity index (χ0n) is 21.6. The highest BCUT2D eigenvalue weighted by Crippen LogP contribution is 2.33. The summed E-state index contributed by atoms with van der Waals surface area (Å²) in [6, 6.07) is 4.69. The number of rotatable bonds is 13. The molecule has 1 atom stereocenters. The highest BCUT2D eigenvalue weighted by atomic mass is 35.5. The molecule has 1 aliphatic carbocycles. The molecular formula is C25H36Cl2N2O7. The summed E-state index contributed by atoms with van der Waals surface area (Å²) in [6.07, 6.45) is 1.01. The number of nitrogens with zero attached hydrogens (tertiary/aromatic N) is 2. The molecule has 36 heavy (non-hydrogen) atoms. The summed E-state index contributed by atoms with van der Waals surface area (Å²) in [4.78, 5) is 41.6. The maximum absolute atomic E-state index is 13.6. The minimum atomic E-state index is -0.772. The SMILES string of the molecule is COCOCC(CC(=O)N(Cc1cccc(Cl)c1Cl)C1CC1)N(CCC(=O)OC)C(=O)OC(C)(C)C. The molecule has 1 unspecified atom stereocenters. The lowest BCUT2D eigenvalue weighted by Gasteiger charge is -2.34. The second kappa shape index (κ2) is 14.0. The Morgan fingerprint density at radius 1 is 1.14 bits per heavy atom. The fourth-order valence-electron chi connectivity index (χ4n) is 3.56. The van der Waals surface area contributed by atoms with Crippen LogP contribution >= 0.6 is 23.2 Å². The number of hydrogen-bond acceptors (Lipinski definition) is 7. The first-order valence-corrected chi connectivity index (χ1v) is 12.6. The number of carbonyl (C=O) groups excluding carboxylic acids is 3. The van der Waals surface area contributed by atoms with E-state index in [1.54, 1.807) is 37.8 Å². The van der Waals surface area contributed by atoms with Gasteiger partial charge >= 0.3 is 12.1 Å². The van der Waals surface area contributed by atoms with Crippen molar-refractivity contribution < 1.29 is 33.3 Å². The maximum Gasteiger partial charge on any atom is 0.410 e. The van der Waals surface area contributed by atoms with E-state index in [-0.39, 0.29) is 44.7 Å². The Bertz CT molecular complexity index is 903. The number of amides is 2. The number of benzene rings is 1. The van der Waals surface area contributed by atoms with E-state index >= 15 is 0 Å². The van der Waals surface area contributed by atoms with Crippen molar-refractivity contribution in [2.75, 3.05) is 34.2 Å². The van der Waals surface area contributed by atoms with E-state index < -0.39 is 23.7 Å². The van der Waals surface area contributed by atoms with Crippen molar-refractivity contribution in [3.05, 3.63) is 33.8 Å². The van der Waals surface area contributed by atoms with Crippen molar-refractivity contribution in [3.8, 4) is 0 Å². The molecule has 2 amide bonds. The predicted molar refractivity (Wildman–Crippen MR) is 136 cm³/mol. The molecule has 1 aromatic carbocycles. The molecule has 1 aliphatic rings. The number of esters is 1. The molecule has 202 valence electrons. The Kier molecular flexibility index (Phi) is 11.7. The third-order valence-electron chi connectivity index (χ3n) is 5.46. The molecule has 1 aromatic rings. The minimum absolute atomic E-state index is 0.000570. The van der Waals surface area contributed by atoms with Gasteiger partial charge in [0.1, 0.15) is 12.4 Å². The molecule has 0 radical (unpaired) electrons. The molecule has 0 aliphatic heterocycles. The third kappa shape index (κ3) is 9.76. The standard InChI is InChI=1S/C25H36Cl2N2O7/c1-25(2,3)36-24(32)28(12-11-22(31)34-5)19(15-35-16-33-4)13-21(30)29(18-9-10-18)14-17-7-6-8-20(26)23(17)27/h6-8,18-19H,9-16H2,1-5H3. The van der Waals surface area contributed by atoms with E-state index in [9.17, 15) is 14.4 Å². The molecule has 9 nitrogen and oxygen atoms in total. The number of methoxy groups -OCH3 is 2. The highest BCUT2D eigenvalue weighted by Gasteiger charge is 2.36. The van der Waals surface area contributed by atoms with Gasteiger partial charge in [-0.15, -0.1) is 0 Å². The fourth-order valence-corrected chi connectivity index (χ4v) is 3.94. The summed E-state index contributed by atoms with van der Waals surface area (Å²) in [5.41, 5.74) is -0.0300. The van der Waals surface area contributed by atoms with Gasteiger partial charge < -0.3 is 28.7 Å². The van der Waals surface area contributed by atoms with Crippen molar-refractivity contribution in [3.63, 3.8) is 0 Å². The van der Waals surface area contributed by atoms with Gasteiger partial charge in [0, 0.05) is 32.7 Å². The van der Waals surface area contributed by atoms with Crippen molar-refractivity contribution >= 4 is 41.2 Å². The van der Waals surface area contributed by atoms with Gasteiger partial charge in [-0.05, 0) is 45.2 Å². The van der Waals surface area contributed by atoms with Gasteiger partial charge in [0.15, 0.2) is 0 Å². The van der Waals surface area contributed by atoms with Gasteiger partial charge in [-0.1, -0.05) is 35.3 Å². The first kappa shape index (κ1) is 30.2. The van der Waals surface area contributed by atoms with Crippen LogP contribution in [0.5, 0.6) is 0 Å². The zero-order valence-corrected chi connectivity index (χ0v) is 23.1. The van der Waals surface area contributed by atoms with Gasteiger partial charge in [-0.25, -0.2) is 4.79 Å². The van der Waals surface area contributed by atoms with Crippen LogP contribution in [0.1, 0.15) is 52.0 Å². The molecule has 2 rings (SSSR count). The largest absolute Gasteiger partial charge is 0.469 e. The van der Waals surface area contributed by atoms with E-state index in [0.717, 1.165) is 18.4 Å². The average Bonchev–Trinajstić information content (AvgIpc) is 3.63. The van der Waals surface area contributed by atoms with Crippen LogP contribution in [0.15, 0.2) is 18.2 Å². The highest BCUT2D eigenvalue weighted by molar-refractivity contribution is 6.42. The molecule has 0 N–H and O–H groups in total. The summed E-state index contributed by atoms with van der Waals surface area (Å²) >= 11 is 12.5. The molecule has 11 heteroatoms. The van der Waals surface area contributed by atoms with Crippen LogP contribution in [0, 0.1) is 0 Å². The van der Waals surface area contributed by atoms with E-state index in [1.165, 1.54) is 19.1 Å². The van der Waals surface area contributed by atoms with Crippen LogP contribution in [-0.4, -0.2) is 79.6 Å². The van der Waals surface area contributed by atoms with Gasteiger partial charge in [-0.2, -0.15) is 0 Å². The van der Waals surface area contributed by atoms with Crippen LogP contribution in [0.25, 0.3) is 0 Å². The number of hydrogen-bond donors (Lipinski definition) is 0. The van der Waals surface area contributed by atoms with Crippen molar-refractivity contribution in [2.24, 2.45) is 0 Å². The van der Waals surface area contributed by atoms with Crippen LogP contribution < -0.4 is 0 Å². The molecule has 0 aromatic heterocycles. The molecule has 0 saturated heterocycles. The minimum Gasteiger partial charge on any atom is -0.469 e. The second-order valence-corrected chi connectivity index (χ2v) is 10.4. The number of ether oxygens (including phenoxy) is 4. The zero-order chi connectivity index (χ0) is 26.9. The van der Waals surface area contributed by atoms with Crippen LogP contribution in [0.4, 0.5) is 4.79 Å². The van der Waals surface area contributed by atoms with Crippen molar-refractivity contribution in [2.45, 2.75) is 70.7 Å². The Balaban J connectivity index is 2.27. The molecule has 0 bridgehead atoms. The van der Waals surface area contributed by atoms with Crippen LogP contribution in [-0.2, 0) is 35.1 Å². The van der Waals surface area contributed by atoms with Crippen LogP contribution in [0.2, 0.25) is 10.0 Å². The van der Waals surface area contributed by atoms with Crippen molar-refractivity contribution in [1.82, 2.24) is 9.80 Å². The van der Waals surface area contributed by atoms with Gasteiger partial charge in [0.2, 0.25) is 5.91 Å². The molecule has 0 spiro atoms. The number of halogens is 2. The van der Waals surface area contributed by atoms with Gasteiger partial charge in [-0.3, -0.25) is 9.59 Å². The van der Waals surface area contributed by atoms with Crippen LogP contribution in [0.3, 0.4) is 0 Å². The third-order valence-corrected chi connectivity index (χ3v) is 6.31. The molecule has 1 saturated carbocycles. The fraction of sp³-hybridized carbons (Fsp3) is 0.640. The summed E-state index contributed by atoms with van der Waals surface area (Å²) < 4.78 is 20.8. The second-order valence-electron chi connectivity index (χ2n) is 9.60. The van der Waals surface area contributed by atoms with Gasteiger partial charge in [0.05, 0.1) is 36.2 Å². The lowest BCUT2D eigenvalue weighted by molar-refractivity contribution is -0.141. The normalized spacial score (nSPS) is 14.2. The summed E-state index contributed by atoms with van der Waals surface area (Å²) in [6.45, 7) is 5.52. The van der Waals surface area contributed by atoms with E-state index in [1.807, 2.05) is 6.07 Å². The number of carbonyl (C=O) groups is 3. The van der Waals surface area contributed by atoms with E-state index in [0.29, 0.717) is 16.6 Å². The molecular weight excluding hydrogens is 511 g/mol. The smallest absolute Gasteiger partial charge is 0.410 e. The lowest BCUT2D eigenvalue weighted by atomic mass is 10.1. The Labute approximate surface area is 222 Å². The molecule has 1 fully saturated rings. The first-order chi connectivity index (χ1) is 17.0. The topological polar surface area (TPSA) is 94.6 Å². The monoisotopic (exact) mass is 546 g/mol. The molecule has 0 heterocycles. The Morgan fingerprint density at radius 2 is 1.83 bits per heavy atom. The lowest BCUT2D eigenvalue weighted by Crippen LogP contribution is -2.49. The Hall–Kier alpha value is -2.07. The maximum atomic E-state index is 13.6. The average molecular weight is 547 g/mol. The Morgan fingerprint density at radius 3 is 2.42 bits per heavy atom. The summed E-state index contributed by atoms with van der Waals surface area (Å²) in [5, 5.41) is 0.827. The van der Waals surface area contributed by atoms with E-state index in [2.05, 4.69) is 0 Å². The summed E-state index contributed by atoms with van der Waals surface area (Å²) in [5.74, 6) is -0.659. The van der Waals surface area contributed by atoms with E-state index in [4.69, 9.17) is 42.1 Å². The first-order valence-electron chi connectivity index (χ1n) is 11.8. The quantitative estimate of drug-likeness (QED) is 0.201. The summed E-state index contributed by atoms with van der Waals surface area (Å²) in [7, 11) is 2.75.